The lowest BCUT2D eigenvalue weighted by atomic mass is 9.91. The number of ether oxygens (including phenoxy) is 1. The van der Waals surface area contributed by atoms with E-state index in [1.54, 1.807) is 0 Å². The van der Waals surface area contributed by atoms with Gasteiger partial charge in [-0.05, 0) is 49.4 Å². The number of hydrogen-bond donors (Lipinski definition) is 0. The van der Waals surface area contributed by atoms with Crippen molar-refractivity contribution in [1.82, 2.24) is 0 Å². The Labute approximate surface area is 263 Å². The number of anilines is 1. The molecule has 0 aliphatic heterocycles. The average molecular weight is 760 g/mol. The standard InChI is InChI=1S/C28H16BrF14NO3/c1-2-44(23(46)16-8-12(26(35,36)37)6-7-18(16)30)19-5-3-4-14(22(19)31)20(45)11-15-17(29)9-13(10-21(15)47-24(32)33)25(34,27(38,39)40)28(41,42)43/h3-10,24H,2,11H2,1H3. The van der Waals surface area contributed by atoms with Gasteiger partial charge < -0.3 is 9.64 Å². The van der Waals surface area contributed by atoms with E-state index in [1.807, 2.05) is 0 Å². The van der Waals surface area contributed by atoms with Gasteiger partial charge in [-0.15, -0.1) is 0 Å². The summed E-state index contributed by atoms with van der Waals surface area (Å²) >= 11 is 2.51. The summed E-state index contributed by atoms with van der Waals surface area (Å²) in [7, 11) is 0. The van der Waals surface area contributed by atoms with Crippen LogP contribution in [0.5, 0.6) is 5.75 Å². The van der Waals surface area contributed by atoms with E-state index in [1.165, 1.54) is 6.92 Å². The number of hydrogen-bond acceptors (Lipinski definition) is 3. The fourth-order valence-electron chi connectivity index (χ4n) is 4.30. The molecule has 0 N–H and O–H groups in total. The number of benzene rings is 3. The van der Waals surface area contributed by atoms with Crippen molar-refractivity contribution in [3.05, 3.63) is 92.5 Å². The second-order valence-corrected chi connectivity index (χ2v) is 10.3. The summed E-state index contributed by atoms with van der Waals surface area (Å²) in [6.45, 7) is -3.22. The molecule has 0 saturated carbocycles. The van der Waals surface area contributed by atoms with Crippen LogP contribution in [0.15, 0.2) is 53.0 Å². The number of ketones is 1. The fourth-order valence-corrected chi connectivity index (χ4v) is 4.89. The van der Waals surface area contributed by atoms with Crippen molar-refractivity contribution in [2.45, 2.75) is 44.2 Å². The van der Waals surface area contributed by atoms with E-state index >= 15 is 4.39 Å². The van der Waals surface area contributed by atoms with Gasteiger partial charge in [-0.1, -0.05) is 22.0 Å². The zero-order valence-electron chi connectivity index (χ0n) is 23.0. The summed E-state index contributed by atoms with van der Waals surface area (Å²) in [5.74, 6) is -7.36. The number of alkyl halides is 12. The van der Waals surface area contributed by atoms with Crippen LogP contribution in [0.4, 0.5) is 67.2 Å². The molecule has 0 unspecified atom stereocenters. The van der Waals surface area contributed by atoms with Gasteiger partial charge in [0.05, 0.1) is 22.4 Å². The molecule has 0 fully saturated rings. The van der Waals surface area contributed by atoms with Gasteiger partial charge in [0.25, 0.3) is 5.91 Å². The lowest BCUT2D eigenvalue weighted by Crippen LogP contribution is -2.50. The van der Waals surface area contributed by atoms with Gasteiger partial charge in [0.2, 0.25) is 0 Å². The van der Waals surface area contributed by atoms with Crippen LogP contribution in [0.3, 0.4) is 0 Å². The lowest BCUT2D eigenvalue weighted by Gasteiger charge is -2.31. The monoisotopic (exact) mass is 759 g/mol. The Morgan fingerprint density at radius 2 is 1.43 bits per heavy atom. The first-order chi connectivity index (χ1) is 21.4. The Bertz CT molecular complexity index is 1650. The smallest absolute Gasteiger partial charge is 0.434 e. The predicted octanol–water partition coefficient (Wildman–Crippen LogP) is 9.73. The van der Waals surface area contributed by atoms with E-state index < -0.39 is 111 Å². The van der Waals surface area contributed by atoms with E-state index in [4.69, 9.17) is 0 Å². The molecule has 3 rings (SSSR count). The summed E-state index contributed by atoms with van der Waals surface area (Å²) in [4.78, 5) is 26.6. The molecule has 19 heteroatoms. The molecule has 0 heterocycles. The molecule has 0 bridgehead atoms. The second kappa shape index (κ2) is 13.3. The lowest BCUT2D eigenvalue weighted by molar-refractivity contribution is -0.348. The Morgan fingerprint density at radius 1 is 0.830 bits per heavy atom. The van der Waals surface area contributed by atoms with E-state index in [9.17, 15) is 66.7 Å². The first-order valence-corrected chi connectivity index (χ1v) is 13.3. The van der Waals surface area contributed by atoms with Gasteiger partial charge in [-0.2, -0.15) is 48.3 Å². The summed E-state index contributed by atoms with van der Waals surface area (Å²) in [5, 5.41) is 0. The molecule has 3 aromatic rings. The molecule has 0 atom stereocenters. The minimum atomic E-state index is -6.65. The van der Waals surface area contributed by atoms with E-state index in [2.05, 4.69) is 20.7 Å². The highest BCUT2D eigenvalue weighted by atomic mass is 79.9. The van der Waals surface area contributed by atoms with Crippen molar-refractivity contribution >= 4 is 33.3 Å². The molecule has 4 nitrogen and oxygen atoms in total. The molecule has 0 spiro atoms. The van der Waals surface area contributed by atoms with Crippen molar-refractivity contribution in [1.29, 1.82) is 0 Å². The van der Waals surface area contributed by atoms with Crippen molar-refractivity contribution in [2.24, 2.45) is 0 Å². The Balaban J connectivity index is 2.09. The third kappa shape index (κ3) is 7.49. The van der Waals surface area contributed by atoms with Gasteiger partial charge >= 0.3 is 30.8 Å². The molecule has 1 amide bonds. The maximum Gasteiger partial charge on any atom is 0.435 e. The number of Topliss-reactive ketones (excluding diaryl/α,β-unsaturated/α-hetero) is 1. The van der Waals surface area contributed by atoms with E-state index in [0.717, 1.165) is 18.2 Å². The van der Waals surface area contributed by atoms with E-state index in [0.29, 0.717) is 17.0 Å². The van der Waals surface area contributed by atoms with Crippen LogP contribution in [0.25, 0.3) is 0 Å². The van der Waals surface area contributed by atoms with Crippen LogP contribution < -0.4 is 9.64 Å². The Hall–Kier alpha value is -3.90. The molecule has 256 valence electrons. The Morgan fingerprint density at radius 3 is 1.94 bits per heavy atom. The van der Waals surface area contributed by atoms with Crippen LogP contribution in [0.1, 0.15) is 44.3 Å². The topological polar surface area (TPSA) is 46.6 Å². The number of amides is 1. The molecular weight excluding hydrogens is 744 g/mol. The Kier molecular flexibility index (Phi) is 10.6. The molecule has 0 aliphatic rings. The molecule has 0 saturated heterocycles. The summed E-state index contributed by atoms with van der Waals surface area (Å²) in [6, 6.07) is 3.00. The summed E-state index contributed by atoms with van der Waals surface area (Å²) in [6.07, 6.45) is -19.6. The predicted molar refractivity (Wildman–Crippen MR) is 139 cm³/mol. The summed E-state index contributed by atoms with van der Waals surface area (Å²) < 4.78 is 193. The molecule has 0 aliphatic carbocycles. The van der Waals surface area contributed by atoms with Gasteiger partial charge in [-0.3, -0.25) is 9.59 Å². The zero-order chi connectivity index (χ0) is 35.9. The van der Waals surface area contributed by atoms with Gasteiger partial charge in [0.15, 0.2) is 11.6 Å². The van der Waals surface area contributed by atoms with Crippen LogP contribution in [-0.4, -0.2) is 37.2 Å². The number of nitrogens with zero attached hydrogens (tertiary/aromatic N) is 1. The van der Waals surface area contributed by atoms with Crippen LogP contribution in [0.2, 0.25) is 0 Å². The third-order valence-electron chi connectivity index (χ3n) is 6.54. The minimum absolute atomic E-state index is 0.0875. The SMILES string of the molecule is CCN(C(=O)c1cc(C(F)(F)F)ccc1F)c1cccc(C(=O)Cc2c(Br)cc(C(F)(C(F)(F)F)C(F)(F)F)cc2OC(F)F)c1F. The molecule has 47 heavy (non-hydrogen) atoms. The molecule has 0 radical (unpaired) electrons. The first kappa shape index (κ1) is 37.6. The summed E-state index contributed by atoms with van der Waals surface area (Å²) in [5.41, 5.74) is -13.5. The maximum atomic E-state index is 15.7. The number of carbonyl (C=O) groups is 2. The molecule has 0 aromatic heterocycles. The number of carbonyl (C=O) groups excluding carboxylic acids is 2. The number of rotatable bonds is 9. The highest BCUT2D eigenvalue weighted by Gasteiger charge is 2.73. The average Bonchev–Trinajstić information content (AvgIpc) is 2.93. The quantitative estimate of drug-likeness (QED) is 0.161. The van der Waals surface area contributed by atoms with E-state index in [-0.39, 0.29) is 18.2 Å². The highest BCUT2D eigenvalue weighted by Crippen LogP contribution is 2.54. The van der Waals surface area contributed by atoms with Crippen molar-refractivity contribution in [3.8, 4) is 5.75 Å². The van der Waals surface area contributed by atoms with Crippen LogP contribution >= 0.6 is 15.9 Å². The van der Waals surface area contributed by atoms with Crippen molar-refractivity contribution in [3.63, 3.8) is 0 Å². The van der Waals surface area contributed by atoms with Crippen LogP contribution in [0, 0.1) is 11.6 Å². The highest BCUT2D eigenvalue weighted by molar-refractivity contribution is 9.10. The maximum absolute atomic E-state index is 15.7. The van der Waals surface area contributed by atoms with Gasteiger partial charge in [0.1, 0.15) is 11.6 Å². The number of halogens is 15. The van der Waals surface area contributed by atoms with Gasteiger partial charge in [0, 0.05) is 28.6 Å². The zero-order valence-corrected chi connectivity index (χ0v) is 24.5. The van der Waals surface area contributed by atoms with Crippen LogP contribution in [-0.2, 0) is 18.3 Å². The van der Waals surface area contributed by atoms with Gasteiger partial charge in [-0.25, -0.2) is 13.2 Å². The molecular formula is C28H16BrF14NO3. The van der Waals surface area contributed by atoms with Crippen molar-refractivity contribution < 1.29 is 75.8 Å². The first-order valence-electron chi connectivity index (χ1n) is 12.6. The third-order valence-corrected chi connectivity index (χ3v) is 7.25. The fraction of sp³-hybridized carbons (Fsp3) is 0.286. The normalized spacial score (nSPS) is 12.8. The van der Waals surface area contributed by atoms with Crippen molar-refractivity contribution in [2.75, 3.05) is 11.4 Å². The second-order valence-electron chi connectivity index (χ2n) is 9.45. The molecule has 3 aromatic carbocycles. The largest absolute Gasteiger partial charge is 0.435 e. The minimum Gasteiger partial charge on any atom is -0.434 e.